The maximum absolute atomic E-state index is 12.4. The molecule has 27 heavy (non-hydrogen) atoms. The summed E-state index contributed by atoms with van der Waals surface area (Å²) in [5.74, 6) is -2.22. The van der Waals surface area contributed by atoms with E-state index >= 15 is 0 Å². The number of nitrogens with one attached hydrogen (secondary N) is 1. The van der Waals surface area contributed by atoms with Crippen LogP contribution in [0.15, 0.2) is 36.4 Å². The third-order valence-corrected chi connectivity index (χ3v) is 3.43. The Kier molecular flexibility index (Phi) is 6.32. The standard InChI is InChI=1S/C18H18N2O7/c1-3-7-20-17(24)12(16(23)19-18(20)25)8-11-5-6-13(27-10-15(21)22)14(9-11)26-4-2/h3,5-6,8-9H,1,4,7,10H2,2H3,(H,21,22)(H,19,23,25)/b12-8-. The van der Waals surface area contributed by atoms with E-state index < -0.39 is 30.4 Å². The van der Waals surface area contributed by atoms with Gasteiger partial charge in [-0.25, -0.2) is 9.59 Å². The van der Waals surface area contributed by atoms with E-state index in [0.717, 1.165) is 4.90 Å². The molecule has 1 aliphatic rings. The van der Waals surface area contributed by atoms with Gasteiger partial charge in [-0.15, -0.1) is 6.58 Å². The highest BCUT2D eigenvalue weighted by molar-refractivity contribution is 6.31. The van der Waals surface area contributed by atoms with Crippen LogP contribution in [-0.4, -0.2) is 53.6 Å². The predicted molar refractivity (Wildman–Crippen MR) is 94.2 cm³/mol. The SMILES string of the molecule is C=CCN1C(=O)NC(=O)/C(=C/c2ccc(OCC(=O)O)c(OCC)c2)C1=O. The van der Waals surface area contributed by atoms with Crippen molar-refractivity contribution < 1.29 is 33.8 Å². The summed E-state index contributed by atoms with van der Waals surface area (Å²) in [6.45, 7) is 4.93. The quantitative estimate of drug-likeness (QED) is 0.398. The van der Waals surface area contributed by atoms with Crippen LogP contribution in [0.25, 0.3) is 6.08 Å². The third kappa shape index (κ3) is 4.72. The summed E-state index contributed by atoms with van der Waals surface area (Å²) in [4.78, 5) is 47.7. The molecule has 4 amide bonds. The van der Waals surface area contributed by atoms with Crippen molar-refractivity contribution in [2.45, 2.75) is 6.92 Å². The molecule has 1 heterocycles. The molecule has 1 aromatic carbocycles. The second-order valence-electron chi connectivity index (χ2n) is 5.34. The van der Waals surface area contributed by atoms with Crippen LogP contribution in [0, 0.1) is 0 Å². The van der Waals surface area contributed by atoms with Crippen LogP contribution in [0.1, 0.15) is 12.5 Å². The van der Waals surface area contributed by atoms with E-state index in [4.69, 9.17) is 14.6 Å². The van der Waals surface area contributed by atoms with Crippen LogP contribution in [0.5, 0.6) is 11.5 Å². The number of carbonyl (C=O) groups is 4. The van der Waals surface area contributed by atoms with Crippen molar-refractivity contribution in [2.75, 3.05) is 19.8 Å². The van der Waals surface area contributed by atoms with Crippen LogP contribution in [0.2, 0.25) is 0 Å². The third-order valence-electron chi connectivity index (χ3n) is 3.43. The van der Waals surface area contributed by atoms with E-state index in [1.165, 1.54) is 30.4 Å². The van der Waals surface area contributed by atoms with E-state index in [0.29, 0.717) is 12.2 Å². The second kappa shape index (κ2) is 8.65. The smallest absolute Gasteiger partial charge is 0.341 e. The summed E-state index contributed by atoms with van der Waals surface area (Å²) >= 11 is 0. The van der Waals surface area contributed by atoms with Gasteiger partial charge >= 0.3 is 12.0 Å². The molecule has 1 aliphatic heterocycles. The molecule has 2 rings (SSSR count). The number of barbiturate groups is 1. The van der Waals surface area contributed by atoms with Crippen LogP contribution in [-0.2, 0) is 14.4 Å². The van der Waals surface area contributed by atoms with Gasteiger partial charge in [-0.1, -0.05) is 12.1 Å². The first-order valence-corrected chi connectivity index (χ1v) is 7.98. The number of benzene rings is 1. The Morgan fingerprint density at radius 2 is 2.00 bits per heavy atom. The highest BCUT2D eigenvalue weighted by Crippen LogP contribution is 2.29. The van der Waals surface area contributed by atoms with E-state index in [9.17, 15) is 19.2 Å². The zero-order valence-electron chi connectivity index (χ0n) is 14.6. The lowest BCUT2D eigenvalue weighted by atomic mass is 10.1. The van der Waals surface area contributed by atoms with Gasteiger partial charge in [0, 0.05) is 6.54 Å². The van der Waals surface area contributed by atoms with Crippen molar-refractivity contribution in [3.05, 3.63) is 42.0 Å². The van der Waals surface area contributed by atoms with Crippen molar-refractivity contribution in [1.82, 2.24) is 10.2 Å². The van der Waals surface area contributed by atoms with Gasteiger partial charge in [0.05, 0.1) is 6.61 Å². The molecule has 0 aromatic heterocycles. The highest BCUT2D eigenvalue weighted by atomic mass is 16.5. The minimum absolute atomic E-state index is 0.0402. The molecular formula is C18H18N2O7. The molecular weight excluding hydrogens is 356 g/mol. The fraction of sp³-hybridized carbons (Fsp3) is 0.222. The average molecular weight is 374 g/mol. The van der Waals surface area contributed by atoms with Crippen LogP contribution < -0.4 is 14.8 Å². The average Bonchev–Trinajstić information content (AvgIpc) is 2.61. The summed E-state index contributed by atoms with van der Waals surface area (Å²) in [5.41, 5.74) is 0.214. The fourth-order valence-electron chi connectivity index (χ4n) is 2.30. The summed E-state index contributed by atoms with van der Waals surface area (Å²) < 4.78 is 10.6. The van der Waals surface area contributed by atoms with Crippen LogP contribution >= 0.6 is 0 Å². The number of carboxylic acids is 1. The fourth-order valence-corrected chi connectivity index (χ4v) is 2.30. The number of nitrogens with zero attached hydrogens (tertiary/aromatic N) is 1. The van der Waals surface area contributed by atoms with Crippen LogP contribution in [0.3, 0.4) is 0 Å². The number of imide groups is 2. The predicted octanol–water partition coefficient (Wildman–Crippen LogP) is 1.20. The molecule has 1 fully saturated rings. The zero-order chi connectivity index (χ0) is 20.0. The minimum Gasteiger partial charge on any atom is -0.490 e. The first-order chi connectivity index (χ1) is 12.9. The van der Waals surface area contributed by atoms with Gasteiger partial charge in [-0.05, 0) is 30.7 Å². The first kappa shape index (κ1) is 19.7. The molecule has 9 nitrogen and oxygen atoms in total. The Labute approximate surface area is 154 Å². The number of aliphatic carboxylic acids is 1. The van der Waals surface area contributed by atoms with E-state index in [1.54, 1.807) is 6.92 Å². The normalized spacial score (nSPS) is 15.5. The molecule has 142 valence electrons. The maximum Gasteiger partial charge on any atom is 0.341 e. The minimum atomic E-state index is -1.14. The lowest BCUT2D eigenvalue weighted by Crippen LogP contribution is -2.54. The molecule has 0 aliphatic carbocycles. The number of hydrogen-bond donors (Lipinski definition) is 2. The number of amides is 4. The monoisotopic (exact) mass is 374 g/mol. The Balaban J connectivity index is 2.35. The van der Waals surface area contributed by atoms with Gasteiger partial charge in [-0.2, -0.15) is 0 Å². The van der Waals surface area contributed by atoms with Crippen molar-refractivity contribution in [3.63, 3.8) is 0 Å². The Morgan fingerprint density at radius 1 is 1.26 bits per heavy atom. The van der Waals surface area contributed by atoms with Gasteiger partial charge in [0.25, 0.3) is 11.8 Å². The summed E-state index contributed by atoms with van der Waals surface area (Å²) in [5, 5.41) is 10.8. The number of carbonyl (C=O) groups excluding carboxylic acids is 3. The maximum atomic E-state index is 12.4. The van der Waals surface area contributed by atoms with Crippen LogP contribution in [0.4, 0.5) is 4.79 Å². The lowest BCUT2D eigenvalue weighted by Gasteiger charge is -2.25. The number of hydrogen-bond acceptors (Lipinski definition) is 6. The summed E-state index contributed by atoms with van der Waals surface area (Å²) in [6, 6.07) is 3.69. The first-order valence-electron chi connectivity index (χ1n) is 7.98. The molecule has 9 heteroatoms. The zero-order valence-corrected chi connectivity index (χ0v) is 14.6. The van der Waals surface area contributed by atoms with Gasteiger partial charge in [-0.3, -0.25) is 19.8 Å². The van der Waals surface area contributed by atoms with Gasteiger partial charge in [0.2, 0.25) is 0 Å². The summed E-state index contributed by atoms with van der Waals surface area (Å²) in [6.07, 6.45) is 2.68. The number of carboxylic acid groups (broad SMARTS) is 1. The van der Waals surface area contributed by atoms with E-state index in [1.807, 2.05) is 0 Å². The molecule has 1 saturated heterocycles. The Morgan fingerprint density at radius 3 is 2.63 bits per heavy atom. The number of urea groups is 1. The van der Waals surface area contributed by atoms with E-state index in [-0.39, 0.29) is 23.6 Å². The molecule has 0 saturated carbocycles. The molecule has 2 N–H and O–H groups in total. The van der Waals surface area contributed by atoms with Crippen molar-refractivity contribution in [1.29, 1.82) is 0 Å². The van der Waals surface area contributed by atoms with E-state index in [2.05, 4.69) is 11.9 Å². The summed E-state index contributed by atoms with van der Waals surface area (Å²) in [7, 11) is 0. The molecule has 0 radical (unpaired) electrons. The topological polar surface area (TPSA) is 122 Å². The Bertz CT molecular complexity index is 829. The Hall–Kier alpha value is -3.62. The van der Waals surface area contributed by atoms with Gasteiger partial charge in [0.1, 0.15) is 5.57 Å². The van der Waals surface area contributed by atoms with Gasteiger partial charge in [0.15, 0.2) is 18.1 Å². The lowest BCUT2D eigenvalue weighted by molar-refractivity contribution is -0.139. The molecule has 0 unspecified atom stereocenters. The number of rotatable bonds is 8. The molecule has 1 aromatic rings. The largest absolute Gasteiger partial charge is 0.490 e. The molecule has 0 atom stereocenters. The van der Waals surface area contributed by atoms with Crippen molar-refractivity contribution >= 4 is 29.9 Å². The number of ether oxygens (including phenoxy) is 2. The second-order valence-corrected chi connectivity index (χ2v) is 5.34. The van der Waals surface area contributed by atoms with Gasteiger partial charge < -0.3 is 14.6 Å². The molecule has 0 spiro atoms. The molecule has 0 bridgehead atoms. The highest BCUT2D eigenvalue weighted by Gasteiger charge is 2.34. The van der Waals surface area contributed by atoms with Crippen molar-refractivity contribution in [2.24, 2.45) is 0 Å². The van der Waals surface area contributed by atoms with Crippen molar-refractivity contribution in [3.8, 4) is 11.5 Å².